The Balaban J connectivity index is 2.33. The molecule has 1 aliphatic rings. The third-order valence-corrected chi connectivity index (χ3v) is 3.91. The van der Waals surface area contributed by atoms with Crippen molar-refractivity contribution in [1.82, 2.24) is 0 Å². The van der Waals surface area contributed by atoms with Gasteiger partial charge in [-0.25, -0.2) is 0 Å². The number of alkyl halides is 3. The van der Waals surface area contributed by atoms with Crippen LogP contribution in [-0.2, 0) is 6.18 Å². The zero-order chi connectivity index (χ0) is 15.8. The summed E-state index contributed by atoms with van der Waals surface area (Å²) in [6.45, 7) is 3.16. The molecule has 2 unspecified atom stereocenters. The first-order valence-electron chi connectivity index (χ1n) is 6.71. The van der Waals surface area contributed by atoms with Crippen LogP contribution in [0.1, 0.15) is 29.3 Å². The minimum absolute atomic E-state index is 0.00183. The summed E-state index contributed by atoms with van der Waals surface area (Å²) in [6.07, 6.45) is -3.77. The number of nitrogens with zero attached hydrogens (tertiary/aromatic N) is 1. The molecule has 0 radical (unpaired) electrons. The highest BCUT2D eigenvalue weighted by atomic mass is 19.4. The zero-order valence-electron chi connectivity index (χ0n) is 11.7. The van der Waals surface area contributed by atoms with E-state index in [1.165, 1.54) is 6.07 Å². The molecule has 0 aliphatic carbocycles. The van der Waals surface area contributed by atoms with Crippen LogP contribution in [0.4, 0.5) is 18.9 Å². The molecule has 0 bridgehead atoms. The van der Waals surface area contributed by atoms with Gasteiger partial charge in [0.2, 0.25) is 5.91 Å². The molecule has 21 heavy (non-hydrogen) atoms. The predicted molar refractivity (Wildman–Crippen MR) is 73.9 cm³/mol. The van der Waals surface area contributed by atoms with Gasteiger partial charge in [-0.1, -0.05) is 0 Å². The predicted octanol–water partition coefficient (Wildman–Crippen LogP) is 1.98. The van der Waals surface area contributed by atoms with Crippen molar-refractivity contribution in [2.45, 2.75) is 25.6 Å². The second-order valence-electron chi connectivity index (χ2n) is 5.45. The average molecular weight is 301 g/mol. The van der Waals surface area contributed by atoms with E-state index in [9.17, 15) is 18.0 Å². The standard InChI is InChI=1S/C14H18F3N3O/c1-8(18)9-4-5-20(7-9)10-2-3-11(13(19)21)12(6-10)14(15,16)17/h2-3,6,8-9H,4-5,7,18H2,1H3,(H2,19,21). The third kappa shape index (κ3) is 3.29. The molecule has 2 rings (SSSR count). The van der Waals surface area contributed by atoms with E-state index in [1.807, 2.05) is 11.8 Å². The van der Waals surface area contributed by atoms with Crippen molar-refractivity contribution in [3.8, 4) is 0 Å². The largest absolute Gasteiger partial charge is 0.417 e. The third-order valence-electron chi connectivity index (χ3n) is 3.91. The van der Waals surface area contributed by atoms with Crippen LogP contribution in [-0.4, -0.2) is 25.0 Å². The molecule has 1 aromatic rings. The molecule has 4 N–H and O–H groups in total. The molecule has 0 aromatic heterocycles. The topological polar surface area (TPSA) is 72.3 Å². The minimum atomic E-state index is -4.61. The number of amides is 1. The van der Waals surface area contributed by atoms with E-state index in [4.69, 9.17) is 11.5 Å². The Bertz CT molecular complexity index is 543. The van der Waals surface area contributed by atoms with Gasteiger partial charge in [-0.05, 0) is 37.5 Å². The van der Waals surface area contributed by atoms with E-state index in [0.717, 1.165) is 18.6 Å². The van der Waals surface area contributed by atoms with Crippen molar-refractivity contribution in [3.63, 3.8) is 0 Å². The Hall–Kier alpha value is -1.76. The fraction of sp³-hybridized carbons (Fsp3) is 0.500. The molecule has 116 valence electrons. The first kappa shape index (κ1) is 15.6. The molecule has 7 heteroatoms. The highest BCUT2D eigenvalue weighted by Gasteiger charge is 2.36. The van der Waals surface area contributed by atoms with Crippen molar-refractivity contribution >= 4 is 11.6 Å². The number of carbonyl (C=O) groups is 1. The Kier molecular flexibility index (Phi) is 4.13. The van der Waals surface area contributed by atoms with E-state index in [0.29, 0.717) is 18.8 Å². The minimum Gasteiger partial charge on any atom is -0.371 e. The monoisotopic (exact) mass is 301 g/mol. The number of rotatable bonds is 3. The van der Waals surface area contributed by atoms with Crippen LogP contribution in [0.3, 0.4) is 0 Å². The maximum Gasteiger partial charge on any atom is 0.417 e. The fourth-order valence-electron chi connectivity index (χ4n) is 2.63. The van der Waals surface area contributed by atoms with Gasteiger partial charge in [-0.2, -0.15) is 13.2 Å². The van der Waals surface area contributed by atoms with Crippen LogP contribution in [0.25, 0.3) is 0 Å². The number of hydrogen-bond donors (Lipinski definition) is 2. The van der Waals surface area contributed by atoms with Crippen molar-refractivity contribution < 1.29 is 18.0 Å². The lowest BCUT2D eigenvalue weighted by Crippen LogP contribution is -2.30. The molecule has 0 saturated carbocycles. The lowest BCUT2D eigenvalue weighted by atomic mass is 10.0. The van der Waals surface area contributed by atoms with Gasteiger partial charge in [0.15, 0.2) is 0 Å². The molecule has 1 saturated heterocycles. The molecule has 1 heterocycles. The van der Waals surface area contributed by atoms with Crippen LogP contribution in [0.2, 0.25) is 0 Å². The average Bonchev–Trinajstić information content (AvgIpc) is 2.86. The lowest BCUT2D eigenvalue weighted by molar-refractivity contribution is -0.137. The van der Waals surface area contributed by atoms with Gasteiger partial charge in [0.1, 0.15) is 0 Å². The number of anilines is 1. The molecular weight excluding hydrogens is 283 g/mol. The molecule has 1 fully saturated rings. The molecule has 1 aromatic carbocycles. The van der Waals surface area contributed by atoms with Gasteiger partial charge in [0.05, 0.1) is 11.1 Å². The number of carbonyl (C=O) groups excluding carboxylic acids is 1. The summed E-state index contributed by atoms with van der Waals surface area (Å²) in [7, 11) is 0. The van der Waals surface area contributed by atoms with Crippen molar-refractivity contribution in [2.24, 2.45) is 17.4 Å². The van der Waals surface area contributed by atoms with Crippen LogP contribution < -0.4 is 16.4 Å². The van der Waals surface area contributed by atoms with E-state index < -0.39 is 23.2 Å². The second-order valence-corrected chi connectivity index (χ2v) is 5.45. The van der Waals surface area contributed by atoms with Gasteiger partial charge >= 0.3 is 6.18 Å². The van der Waals surface area contributed by atoms with Gasteiger partial charge in [-0.3, -0.25) is 4.79 Å². The number of hydrogen-bond acceptors (Lipinski definition) is 3. The Morgan fingerprint density at radius 3 is 2.57 bits per heavy atom. The molecule has 0 spiro atoms. The molecule has 1 aliphatic heterocycles. The van der Waals surface area contributed by atoms with Crippen molar-refractivity contribution in [1.29, 1.82) is 0 Å². The van der Waals surface area contributed by atoms with E-state index in [2.05, 4.69) is 0 Å². The number of halogens is 3. The summed E-state index contributed by atoms with van der Waals surface area (Å²) >= 11 is 0. The molecule has 2 atom stereocenters. The smallest absolute Gasteiger partial charge is 0.371 e. The lowest BCUT2D eigenvalue weighted by Gasteiger charge is -2.22. The summed E-state index contributed by atoms with van der Waals surface area (Å²) in [5.41, 5.74) is 9.79. The van der Waals surface area contributed by atoms with Crippen LogP contribution in [0.5, 0.6) is 0 Å². The van der Waals surface area contributed by atoms with Crippen LogP contribution in [0.15, 0.2) is 18.2 Å². The van der Waals surface area contributed by atoms with E-state index >= 15 is 0 Å². The normalized spacial score (nSPS) is 20.6. The highest BCUT2D eigenvalue weighted by molar-refractivity contribution is 5.95. The number of nitrogens with two attached hydrogens (primary N) is 2. The molecular formula is C14H18F3N3O. The van der Waals surface area contributed by atoms with E-state index in [-0.39, 0.29) is 12.0 Å². The quantitative estimate of drug-likeness (QED) is 0.896. The SMILES string of the molecule is CC(N)C1CCN(c2ccc(C(N)=O)c(C(F)(F)F)c2)C1. The van der Waals surface area contributed by atoms with Crippen LogP contribution >= 0.6 is 0 Å². The Morgan fingerprint density at radius 1 is 1.43 bits per heavy atom. The maximum absolute atomic E-state index is 13.0. The Labute approximate surface area is 120 Å². The van der Waals surface area contributed by atoms with Crippen LogP contribution in [0, 0.1) is 5.92 Å². The fourth-order valence-corrected chi connectivity index (χ4v) is 2.63. The summed E-state index contributed by atoms with van der Waals surface area (Å²) < 4.78 is 39.1. The van der Waals surface area contributed by atoms with Crippen molar-refractivity contribution in [3.05, 3.63) is 29.3 Å². The first-order chi connectivity index (χ1) is 9.70. The zero-order valence-corrected chi connectivity index (χ0v) is 11.7. The second kappa shape index (κ2) is 5.55. The van der Waals surface area contributed by atoms with Crippen molar-refractivity contribution in [2.75, 3.05) is 18.0 Å². The summed E-state index contributed by atoms with van der Waals surface area (Å²) in [6, 6.07) is 3.63. The summed E-state index contributed by atoms with van der Waals surface area (Å²) in [5.74, 6) is -0.820. The first-order valence-corrected chi connectivity index (χ1v) is 6.71. The highest BCUT2D eigenvalue weighted by Crippen LogP contribution is 2.35. The van der Waals surface area contributed by atoms with Gasteiger partial charge in [0, 0.05) is 24.8 Å². The molecule has 1 amide bonds. The number of primary amides is 1. The van der Waals surface area contributed by atoms with Gasteiger partial charge < -0.3 is 16.4 Å². The molecule has 4 nitrogen and oxygen atoms in total. The summed E-state index contributed by atoms with van der Waals surface area (Å²) in [5, 5.41) is 0. The van der Waals surface area contributed by atoms with Gasteiger partial charge in [0.25, 0.3) is 0 Å². The maximum atomic E-state index is 13.0. The van der Waals surface area contributed by atoms with Gasteiger partial charge in [-0.15, -0.1) is 0 Å². The Morgan fingerprint density at radius 2 is 2.10 bits per heavy atom. The summed E-state index contributed by atoms with van der Waals surface area (Å²) in [4.78, 5) is 13.0. The number of benzene rings is 1. The van der Waals surface area contributed by atoms with E-state index in [1.54, 1.807) is 0 Å².